The van der Waals surface area contributed by atoms with E-state index in [1.807, 2.05) is 18.2 Å². The molecule has 25 heavy (non-hydrogen) atoms. The molecule has 0 amide bonds. The topological polar surface area (TPSA) is 33.7 Å². The number of nitrogens with one attached hydrogen (secondary N) is 1. The summed E-state index contributed by atoms with van der Waals surface area (Å²) in [5.74, 6) is 1.71. The van der Waals surface area contributed by atoms with Gasteiger partial charge in [0, 0.05) is 17.7 Å². The third-order valence-corrected chi connectivity index (χ3v) is 5.24. The number of hydrogen-bond donors (Lipinski definition) is 1. The van der Waals surface area contributed by atoms with Gasteiger partial charge in [0.15, 0.2) is 10.8 Å². The van der Waals surface area contributed by atoms with Crippen molar-refractivity contribution in [3.05, 3.63) is 53.1 Å². The minimum absolute atomic E-state index is 0.124. The number of anilines is 1. The van der Waals surface area contributed by atoms with Gasteiger partial charge in [0.2, 0.25) is 0 Å². The summed E-state index contributed by atoms with van der Waals surface area (Å²) in [6, 6.07) is 12.5. The first-order valence-corrected chi connectivity index (χ1v) is 8.86. The number of thiocarbonyl (C=S) groups is 1. The third kappa shape index (κ3) is 2.63. The van der Waals surface area contributed by atoms with Crippen LogP contribution in [0.25, 0.3) is 0 Å². The van der Waals surface area contributed by atoms with Crippen molar-refractivity contribution in [3.63, 3.8) is 0 Å². The van der Waals surface area contributed by atoms with Gasteiger partial charge in [-0.3, -0.25) is 4.90 Å². The average Bonchev–Trinajstić information content (AvgIpc) is 2.52. The fourth-order valence-corrected chi connectivity index (χ4v) is 4.39. The predicted molar refractivity (Wildman–Crippen MR) is 104 cm³/mol. The Morgan fingerprint density at radius 2 is 1.92 bits per heavy atom. The molecule has 2 bridgehead atoms. The van der Waals surface area contributed by atoms with E-state index >= 15 is 0 Å². The lowest BCUT2D eigenvalue weighted by Crippen LogP contribution is -2.65. The molecule has 2 aliphatic heterocycles. The van der Waals surface area contributed by atoms with Gasteiger partial charge >= 0.3 is 0 Å². The van der Waals surface area contributed by atoms with Crippen molar-refractivity contribution in [1.29, 1.82) is 0 Å². The minimum Gasteiger partial charge on any atom is -0.497 e. The number of methoxy groups -OCH3 is 1. The lowest BCUT2D eigenvalue weighted by atomic mass is 9.90. The molecule has 2 aromatic carbocycles. The molecule has 1 saturated heterocycles. The Bertz CT molecular complexity index is 847. The highest BCUT2D eigenvalue weighted by Gasteiger charge is 2.48. The average molecular weight is 354 g/mol. The molecule has 0 spiro atoms. The Morgan fingerprint density at radius 3 is 2.60 bits per heavy atom. The number of hydrogen-bond acceptors (Lipinski definition) is 3. The number of aryl methyl sites for hydroxylation is 2. The van der Waals surface area contributed by atoms with Crippen molar-refractivity contribution >= 4 is 23.0 Å². The van der Waals surface area contributed by atoms with E-state index in [0.717, 1.165) is 29.2 Å². The molecule has 1 fully saturated rings. The SMILES string of the molecule is COc1ccc2c(c1)C1CC(C)(O2)N(c2cc(C)cc(C)c2)C(=S)N1. The first-order valence-electron chi connectivity index (χ1n) is 8.45. The number of nitrogens with zero attached hydrogens (tertiary/aromatic N) is 1. The van der Waals surface area contributed by atoms with Crippen molar-refractivity contribution in [2.24, 2.45) is 0 Å². The van der Waals surface area contributed by atoms with Crippen LogP contribution in [0.15, 0.2) is 36.4 Å². The van der Waals surface area contributed by atoms with E-state index in [4.69, 9.17) is 21.7 Å². The minimum atomic E-state index is -0.519. The smallest absolute Gasteiger partial charge is 0.188 e. The van der Waals surface area contributed by atoms with Crippen LogP contribution < -0.4 is 19.7 Å². The monoisotopic (exact) mass is 354 g/mol. The quantitative estimate of drug-likeness (QED) is 0.816. The van der Waals surface area contributed by atoms with Crippen LogP contribution >= 0.6 is 12.2 Å². The molecule has 5 heteroatoms. The fraction of sp³-hybridized carbons (Fsp3) is 0.350. The Balaban J connectivity index is 1.79. The van der Waals surface area contributed by atoms with Gasteiger partial charge in [-0.25, -0.2) is 0 Å². The maximum atomic E-state index is 6.45. The van der Waals surface area contributed by atoms with Gasteiger partial charge < -0.3 is 14.8 Å². The summed E-state index contributed by atoms with van der Waals surface area (Å²) >= 11 is 5.72. The maximum Gasteiger partial charge on any atom is 0.188 e. The van der Waals surface area contributed by atoms with E-state index in [1.165, 1.54) is 11.1 Å². The highest BCUT2D eigenvalue weighted by atomic mass is 32.1. The van der Waals surface area contributed by atoms with E-state index in [0.29, 0.717) is 5.11 Å². The number of fused-ring (bicyclic) bond motifs is 4. The van der Waals surface area contributed by atoms with E-state index < -0.39 is 5.72 Å². The Kier molecular flexibility index (Phi) is 3.65. The molecule has 4 rings (SSSR count). The summed E-state index contributed by atoms with van der Waals surface area (Å²) in [7, 11) is 1.68. The molecule has 0 aliphatic carbocycles. The molecule has 2 unspecified atom stereocenters. The van der Waals surface area contributed by atoms with Crippen molar-refractivity contribution < 1.29 is 9.47 Å². The van der Waals surface area contributed by atoms with E-state index in [9.17, 15) is 0 Å². The van der Waals surface area contributed by atoms with E-state index in [2.05, 4.69) is 49.2 Å². The molecule has 2 atom stereocenters. The first kappa shape index (κ1) is 16.2. The molecule has 2 aromatic rings. The van der Waals surface area contributed by atoms with Crippen LogP contribution in [0.5, 0.6) is 11.5 Å². The molecule has 2 heterocycles. The van der Waals surface area contributed by atoms with Gasteiger partial charge in [0.05, 0.1) is 13.2 Å². The molecule has 0 aromatic heterocycles. The molecule has 1 N–H and O–H groups in total. The zero-order valence-corrected chi connectivity index (χ0v) is 15.7. The number of ether oxygens (including phenoxy) is 2. The van der Waals surface area contributed by atoms with Gasteiger partial charge in [-0.1, -0.05) is 6.07 Å². The predicted octanol–water partition coefficient (Wildman–Crippen LogP) is 4.25. The second kappa shape index (κ2) is 5.63. The maximum absolute atomic E-state index is 6.45. The van der Waals surface area contributed by atoms with Crippen LogP contribution in [0.4, 0.5) is 5.69 Å². The van der Waals surface area contributed by atoms with Crippen LogP contribution in [-0.2, 0) is 0 Å². The molecule has 0 saturated carbocycles. The van der Waals surface area contributed by atoms with Gasteiger partial charge in [-0.15, -0.1) is 0 Å². The summed E-state index contributed by atoms with van der Waals surface area (Å²) in [4.78, 5) is 2.10. The molecule has 4 nitrogen and oxygen atoms in total. The van der Waals surface area contributed by atoms with Crippen molar-refractivity contribution in [2.45, 2.75) is 39.0 Å². The summed E-state index contributed by atoms with van der Waals surface area (Å²) in [6.45, 7) is 6.31. The van der Waals surface area contributed by atoms with Crippen LogP contribution in [0.3, 0.4) is 0 Å². The molecular weight excluding hydrogens is 332 g/mol. The zero-order chi connectivity index (χ0) is 17.8. The fourth-order valence-electron chi connectivity index (χ4n) is 3.95. The first-order chi connectivity index (χ1) is 11.9. The third-order valence-electron chi connectivity index (χ3n) is 4.94. The van der Waals surface area contributed by atoms with Gasteiger partial charge in [-0.05, 0) is 74.4 Å². The Hall–Kier alpha value is -2.27. The zero-order valence-electron chi connectivity index (χ0n) is 14.9. The van der Waals surface area contributed by atoms with Crippen LogP contribution in [-0.4, -0.2) is 17.9 Å². The second-order valence-electron chi connectivity index (χ2n) is 7.07. The highest BCUT2D eigenvalue weighted by Crippen LogP contribution is 2.46. The Labute approximate surface area is 153 Å². The normalized spacial score (nSPS) is 24.2. The largest absolute Gasteiger partial charge is 0.497 e. The van der Waals surface area contributed by atoms with E-state index in [-0.39, 0.29) is 6.04 Å². The summed E-state index contributed by atoms with van der Waals surface area (Å²) in [6.07, 6.45) is 0.806. The van der Waals surface area contributed by atoms with Crippen molar-refractivity contribution in [2.75, 3.05) is 12.0 Å². The number of benzene rings is 2. The second-order valence-corrected chi connectivity index (χ2v) is 7.46. The summed E-state index contributed by atoms with van der Waals surface area (Å²) < 4.78 is 11.8. The standard InChI is InChI=1S/C20H22N2O2S/c1-12-7-13(2)9-14(8-12)22-19(25)21-17-11-20(22,3)24-18-6-5-15(23-4)10-16(17)18/h5-10,17H,11H2,1-4H3,(H,21,25). The molecular formula is C20H22N2O2S. The van der Waals surface area contributed by atoms with Crippen molar-refractivity contribution in [3.8, 4) is 11.5 Å². The van der Waals surface area contributed by atoms with Gasteiger partial charge in [0.25, 0.3) is 0 Å². The summed E-state index contributed by atoms with van der Waals surface area (Å²) in [5.41, 5.74) is 4.07. The summed E-state index contributed by atoms with van der Waals surface area (Å²) in [5, 5.41) is 4.18. The lowest BCUT2D eigenvalue weighted by Gasteiger charge is -2.52. The highest BCUT2D eigenvalue weighted by molar-refractivity contribution is 7.80. The van der Waals surface area contributed by atoms with E-state index in [1.54, 1.807) is 7.11 Å². The molecule has 130 valence electrons. The molecule has 2 aliphatic rings. The Morgan fingerprint density at radius 1 is 1.20 bits per heavy atom. The number of rotatable bonds is 2. The lowest BCUT2D eigenvalue weighted by molar-refractivity contribution is 0.0496. The molecule has 0 radical (unpaired) electrons. The van der Waals surface area contributed by atoms with Crippen LogP contribution in [0.1, 0.15) is 36.1 Å². The van der Waals surface area contributed by atoms with Gasteiger partial charge in [0.1, 0.15) is 11.5 Å². The van der Waals surface area contributed by atoms with Crippen LogP contribution in [0.2, 0.25) is 0 Å². The van der Waals surface area contributed by atoms with Crippen molar-refractivity contribution in [1.82, 2.24) is 5.32 Å². The van der Waals surface area contributed by atoms with Gasteiger partial charge in [-0.2, -0.15) is 0 Å². The van der Waals surface area contributed by atoms with Crippen LogP contribution in [0, 0.1) is 13.8 Å².